The molecule has 1 amide bonds. The number of benzene rings is 1. The molecule has 128 valence electrons. The summed E-state index contributed by atoms with van der Waals surface area (Å²) < 4.78 is 39.4. The van der Waals surface area contributed by atoms with Crippen molar-refractivity contribution in [3.05, 3.63) is 30.1 Å². The molecule has 23 heavy (non-hydrogen) atoms. The average molecular weight is 343 g/mol. The molecule has 0 N–H and O–H groups in total. The molecule has 1 aromatic carbocycles. The summed E-state index contributed by atoms with van der Waals surface area (Å²) in [5.41, 5.74) is 0. The highest BCUT2D eigenvalue weighted by Gasteiger charge is 2.32. The minimum Gasteiger partial charge on any atom is -0.347 e. The Morgan fingerprint density at radius 3 is 2.13 bits per heavy atom. The largest absolute Gasteiger partial charge is 0.347 e. The fourth-order valence-electron chi connectivity index (χ4n) is 2.62. The van der Waals surface area contributed by atoms with Gasteiger partial charge < -0.3 is 4.90 Å². The number of carbonyl (C=O) groups is 1. The fraction of sp³-hybridized carbons (Fsp3) is 0.533. The summed E-state index contributed by atoms with van der Waals surface area (Å²) in [7, 11) is -0.215. The van der Waals surface area contributed by atoms with Gasteiger partial charge in [-0.05, 0) is 31.2 Å². The van der Waals surface area contributed by atoms with E-state index in [9.17, 15) is 17.6 Å². The SMILES string of the molecule is C[C@H](C(=O)N(C)C)N1CCN(S(=O)(=O)c2ccc(F)cc2)CC1. The topological polar surface area (TPSA) is 60.9 Å². The van der Waals surface area contributed by atoms with E-state index < -0.39 is 15.8 Å². The van der Waals surface area contributed by atoms with Gasteiger partial charge in [0.15, 0.2) is 0 Å². The van der Waals surface area contributed by atoms with Gasteiger partial charge in [-0.25, -0.2) is 12.8 Å². The second-order valence-electron chi connectivity index (χ2n) is 5.80. The maximum Gasteiger partial charge on any atom is 0.243 e. The van der Waals surface area contributed by atoms with Crippen LogP contribution in [0.15, 0.2) is 29.2 Å². The first-order valence-corrected chi connectivity index (χ1v) is 8.88. The Bertz CT molecular complexity index is 653. The Kier molecular flexibility index (Phi) is 5.38. The van der Waals surface area contributed by atoms with Gasteiger partial charge in [-0.3, -0.25) is 9.69 Å². The van der Waals surface area contributed by atoms with Crippen molar-refractivity contribution in [3.8, 4) is 0 Å². The van der Waals surface area contributed by atoms with Crippen molar-refractivity contribution < 1.29 is 17.6 Å². The van der Waals surface area contributed by atoms with E-state index in [1.54, 1.807) is 14.1 Å². The Balaban J connectivity index is 2.04. The third kappa shape index (κ3) is 3.88. The minimum absolute atomic E-state index is 0.000147. The van der Waals surface area contributed by atoms with Crippen molar-refractivity contribution in [2.45, 2.75) is 17.9 Å². The van der Waals surface area contributed by atoms with Crippen LogP contribution in [0.1, 0.15) is 6.92 Å². The van der Waals surface area contributed by atoms with E-state index in [1.165, 1.54) is 21.3 Å². The van der Waals surface area contributed by atoms with Gasteiger partial charge in [0.2, 0.25) is 15.9 Å². The zero-order valence-electron chi connectivity index (χ0n) is 13.6. The lowest BCUT2D eigenvalue weighted by molar-refractivity contribution is -0.134. The highest BCUT2D eigenvalue weighted by atomic mass is 32.2. The molecule has 1 aliphatic heterocycles. The van der Waals surface area contributed by atoms with Gasteiger partial charge in [0.25, 0.3) is 0 Å². The molecule has 0 spiro atoms. The molecule has 0 aliphatic carbocycles. The predicted octanol–water partition coefficient (Wildman–Crippen LogP) is 0.609. The summed E-state index contributed by atoms with van der Waals surface area (Å²) >= 11 is 0. The smallest absolute Gasteiger partial charge is 0.243 e. The molecule has 1 fully saturated rings. The second-order valence-corrected chi connectivity index (χ2v) is 7.74. The van der Waals surface area contributed by atoms with Crippen LogP contribution >= 0.6 is 0 Å². The maximum absolute atomic E-state index is 12.9. The number of amides is 1. The van der Waals surface area contributed by atoms with Gasteiger partial charge in [0.1, 0.15) is 5.82 Å². The van der Waals surface area contributed by atoms with Crippen LogP contribution in [0.25, 0.3) is 0 Å². The van der Waals surface area contributed by atoms with Crippen molar-refractivity contribution in [2.75, 3.05) is 40.3 Å². The molecule has 1 aliphatic rings. The highest BCUT2D eigenvalue weighted by Crippen LogP contribution is 2.19. The van der Waals surface area contributed by atoms with Gasteiger partial charge in [0.05, 0.1) is 10.9 Å². The molecule has 0 radical (unpaired) electrons. The van der Waals surface area contributed by atoms with Crippen LogP contribution in [0, 0.1) is 5.82 Å². The van der Waals surface area contributed by atoms with Gasteiger partial charge in [-0.2, -0.15) is 4.31 Å². The molecule has 1 atom stereocenters. The number of halogens is 1. The number of hydrogen-bond acceptors (Lipinski definition) is 4. The van der Waals surface area contributed by atoms with E-state index >= 15 is 0 Å². The minimum atomic E-state index is -3.62. The van der Waals surface area contributed by atoms with Gasteiger partial charge in [0, 0.05) is 40.3 Å². The quantitative estimate of drug-likeness (QED) is 0.804. The van der Waals surface area contributed by atoms with Crippen LogP contribution in [0.2, 0.25) is 0 Å². The lowest BCUT2D eigenvalue weighted by atomic mass is 10.2. The Hall–Kier alpha value is -1.51. The average Bonchev–Trinajstić information content (AvgIpc) is 2.54. The predicted molar refractivity (Wildman–Crippen MR) is 84.9 cm³/mol. The van der Waals surface area contributed by atoms with Gasteiger partial charge in [-0.1, -0.05) is 0 Å². The first-order valence-electron chi connectivity index (χ1n) is 7.44. The zero-order valence-corrected chi connectivity index (χ0v) is 14.4. The van der Waals surface area contributed by atoms with Crippen molar-refractivity contribution in [2.24, 2.45) is 0 Å². The van der Waals surface area contributed by atoms with Crippen molar-refractivity contribution in [1.82, 2.24) is 14.1 Å². The standard InChI is InChI=1S/C15H22FN3O3S/c1-12(15(20)17(2)3)18-8-10-19(11-9-18)23(21,22)14-6-4-13(16)5-7-14/h4-7,12H,8-11H2,1-3H3/t12-/m1/s1. The van der Waals surface area contributed by atoms with Crippen molar-refractivity contribution in [1.29, 1.82) is 0 Å². The van der Waals surface area contributed by atoms with E-state index in [-0.39, 0.29) is 16.8 Å². The molecular weight excluding hydrogens is 321 g/mol. The third-order valence-electron chi connectivity index (χ3n) is 4.07. The number of nitrogens with zero attached hydrogens (tertiary/aromatic N) is 3. The second kappa shape index (κ2) is 6.94. The first-order chi connectivity index (χ1) is 10.7. The van der Waals surface area contributed by atoms with Crippen LogP contribution in [0.3, 0.4) is 0 Å². The lowest BCUT2D eigenvalue weighted by Gasteiger charge is -2.37. The summed E-state index contributed by atoms with van der Waals surface area (Å²) in [5, 5.41) is 0. The molecular formula is C15H22FN3O3S. The molecule has 2 rings (SSSR count). The lowest BCUT2D eigenvalue weighted by Crippen LogP contribution is -2.54. The summed E-state index contributed by atoms with van der Waals surface area (Å²) in [6, 6.07) is 4.55. The zero-order chi connectivity index (χ0) is 17.2. The molecule has 8 heteroatoms. The van der Waals surface area contributed by atoms with E-state index in [1.807, 2.05) is 11.8 Å². The van der Waals surface area contributed by atoms with Crippen LogP contribution in [-0.4, -0.2) is 74.7 Å². The van der Waals surface area contributed by atoms with E-state index in [0.29, 0.717) is 26.2 Å². The summed E-state index contributed by atoms with van der Waals surface area (Å²) in [6.45, 7) is 3.42. The first kappa shape index (κ1) is 17.8. The number of likely N-dealkylation sites (N-methyl/N-ethyl adjacent to an activating group) is 1. The maximum atomic E-state index is 12.9. The number of rotatable bonds is 4. The van der Waals surface area contributed by atoms with Gasteiger partial charge >= 0.3 is 0 Å². The molecule has 0 saturated carbocycles. The number of piperazine rings is 1. The third-order valence-corrected chi connectivity index (χ3v) is 5.98. The fourth-order valence-corrected chi connectivity index (χ4v) is 4.04. The summed E-state index contributed by atoms with van der Waals surface area (Å²) in [6.07, 6.45) is 0. The van der Waals surface area contributed by atoms with Gasteiger partial charge in [-0.15, -0.1) is 0 Å². The Morgan fingerprint density at radius 2 is 1.65 bits per heavy atom. The van der Waals surface area contributed by atoms with Crippen LogP contribution in [0.5, 0.6) is 0 Å². The number of sulfonamides is 1. The summed E-state index contributed by atoms with van der Waals surface area (Å²) in [5.74, 6) is -0.468. The highest BCUT2D eigenvalue weighted by molar-refractivity contribution is 7.89. The van der Waals surface area contributed by atoms with Crippen LogP contribution in [-0.2, 0) is 14.8 Å². The molecule has 0 aromatic heterocycles. The molecule has 6 nitrogen and oxygen atoms in total. The normalized spacial score (nSPS) is 18.6. The van der Waals surface area contributed by atoms with Crippen LogP contribution < -0.4 is 0 Å². The molecule has 1 saturated heterocycles. The Morgan fingerprint density at radius 1 is 1.13 bits per heavy atom. The number of carbonyl (C=O) groups excluding carboxylic acids is 1. The Labute approximate surface area is 136 Å². The molecule has 1 heterocycles. The summed E-state index contributed by atoms with van der Waals surface area (Å²) in [4.78, 5) is 15.6. The van der Waals surface area contributed by atoms with E-state index in [4.69, 9.17) is 0 Å². The van der Waals surface area contributed by atoms with Crippen molar-refractivity contribution in [3.63, 3.8) is 0 Å². The van der Waals surface area contributed by atoms with E-state index in [2.05, 4.69) is 0 Å². The van der Waals surface area contributed by atoms with Crippen LogP contribution in [0.4, 0.5) is 4.39 Å². The molecule has 0 unspecified atom stereocenters. The van der Waals surface area contributed by atoms with E-state index in [0.717, 1.165) is 12.1 Å². The number of hydrogen-bond donors (Lipinski definition) is 0. The van der Waals surface area contributed by atoms with Crippen molar-refractivity contribution >= 4 is 15.9 Å². The molecule has 1 aromatic rings. The molecule has 0 bridgehead atoms. The monoisotopic (exact) mass is 343 g/mol.